The molecule has 2 aliphatic rings. The molecule has 10 heteroatoms. The molecule has 35 heavy (non-hydrogen) atoms. The van der Waals surface area contributed by atoms with Gasteiger partial charge in [0.05, 0.1) is 17.6 Å². The molecule has 4 rings (SSSR count). The van der Waals surface area contributed by atoms with Crippen LogP contribution in [0, 0.1) is 5.41 Å². The molecule has 1 aromatic carbocycles. The van der Waals surface area contributed by atoms with Crippen LogP contribution < -0.4 is 15.8 Å². The van der Waals surface area contributed by atoms with Crippen LogP contribution in [-0.2, 0) is 11.3 Å². The van der Waals surface area contributed by atoms with Gasteiger partial charge in [-0.25, -0.2) is 9.98 Å². The van der Waals surface area contributed by atoms with E-state index >= 15 is 0 Å². The van der Waals surface area contributed by atoms with Gasteiger partial charge in [0.15, 0.2) is 5.84 Å². The Morgan fingerprint density at radius 2 is 2.09 bits per heavy atom. The molecule has 2 aromatic rings. The van der Waals surface area contributed by atoms with E-state index < -0.39 is 5.54 Å². The molecule has 0 spiro atoms. The summed E-state index contributed by atoms with van der Waals surface area (Å²) in [4.78, 5) is 24.3. The first-order chi connectivity index (χ1) is 16.7. The highest BCUT2D eigenvalue weighted by Gasteiger charge is 2.35. The molecule has 9 nitrogen and oxygen atoms in total. The van der Waals surface area contributed by atoms with Crippen molar-refractivity contribution in [2.24, 2.45) is 10.7 Å². The topological polar surface area (TPSA) is 122 Å². The standard InChI is InChI=1S/C25H35N7O2S/c1-16(2)29-22(28-15-26)20-14-31-11-12-34-21-6-5-18(13-19(21)23(31)30-20)35-17-7-9-32(10-8-17)25(3,4)24(27)33/h5-6,13-17H,7-12H2,1-4H3,(H2,27,33)(H2,26,28,29). The largest absolute Gasteiger partial charge is 0.491 e. The Morgan fingerprint density at radius 1 is 1.34 bits per heavy atom. The van der Waals surface area contributed by atoms with E-state index in [4.69, 9.17) is 20.9 Å². The van der Waals surface area contributed by atoms with Crippen LogP contribution >= 0.6 is 11.8 Å². The molecule has 0 aliphatic carbocycles. The first-order valence-electron chi connectivity index (χ1n) is 12.1. The van der Waals surface area contributed by atoms with Crippen LogP contribution in [0.1, 0.15) is 46.2 Å². The molecule has 1 saturated heterocycles. The normalized spacial score (nSPS) is 17.3. The summed E-state index contributed by atoms with van der Waals surface area (Å²) in [6, 6.07) is 6.49. The molecular formula is C25H35N7O2S. The molecule has 0 saturated carbocycles. The van der Waals surface area contributed by atoms with E-state index in [0.717, 1.165) is 49.4 Å². The summed E-state index contributed by atoms with van der Waals surface area (Å²) in [5.74, 6) is 1.98. The second kappa shape index (κ2) is 10.4. The number of nitrogens with two attached hydrogens (primary N) is 1. The highest BCUT2D eigenvalue weighted by molar-refractivity contribution is 8.00. The van der Waals surface area contributed by atoms with Gasteiger partial charge in [-0.1, -0.05) is 0 Å². The Hall–Kier alpha value is -2.85. The van der Waals surface area contributed by atoms with Gasteiger partial charge in [0.2, 0.25) is 5.91 Å². The third kappa shape index (κ3) is 5.54. The number of primary amides is 1. The third-order valence-corrected chi connectivity index (χ3v) is 7.89. The first-order valence-corrected chi connectivity index (χ1v) is 13.0. The number of ether oxygens (including phenoxy) is 1. The Kier molecular flexibility index (Phi) is 7.51. The van der Waals surface area contributed by atoms with Crippen molar-refractivity contribution in [3.8, 4) is 17.1 Å². The monoisotopic (exact) mass is 497 g/mol. The molecule has 0 unspecified atom stereocenters. The highest BCUT2D eigenvalue weighted by Crippen LogP contribution is 2.38. The maximum absolute atomic E-state index is 11.8. The summed E-state index contributed by atoms with van der Waals surface area (Å²) in [7, 11) is 0. The number of carbonyl (C=O) groups excluding carboxylic acids is 1. The number of rotatable bonds is 7. The van der Waals surface area contributed by atoms with E-state index in [1.165, 1.54) is 4.90 Å². The number of aromatic nitrogens is 2. The van der Waals surface area contributed by atoms with Gasteiger partial charge in [0.1, 0.15) is 30.2 Å². The van der Waals surface area contributed by atoms with Crippen molar-refractivity contribution in [3.05, 3.63) is 30.1 Å². The average Bonchev–Trinajstić information content (AvgIpc) is 3.16. The summed E-state index contributed by atoms with van der Waals surface area (Å²) in [6.45, 7) is 10.8. The summed E-state index contributed by atoms with van der Waals surface area (Å²) in [5, 5.41) is 11.2. The number of aliphatic imine (C=N–C) groups is 1. The van der Waals surface area contributed by atoms with Crippen LogP contribution in [0.15, 0.2) is 34.3 Å². The SMILES string of the molecule is CC(C)N/C(=N\C=N)c1cn2c(n1)-c1cc(SC3CCN(C(C)(C)C(N)=O)CC3)ccc1OCC2. The minimum absolute atomic E-state index is 0.175. The Bertz CT molecular complexity index is 1120. The molecule has 1 fully saturated rings. The van der Waals surface area contributed by atoms with Crippen molar-refractivity contribution < 1.29 is 9.53 Å². The second-order valence-electron chi connectivity index (χ2n) is 9.78. The van der Waals surface area contributed by atoms with Crippen molar-refractivity contribution in [3.63, 3.8) is 0 Å². The molecule has 0 atom stereocenters. The number of imidazole rings is 1. The number of nitrogens with one attached hydrogen (secondary N) is 2. The zero-order valence-electron chi connectivity index (χ0n) is 20.9. The summed E-state index contributed by atoms with van der Waals surface area (Å²) < 4.78 is 8.12. The highest BCUT2D eigenvalue weighted by atomic mass is 32.2. The van der Waals surface area contributed by atoms with Crippen molar-refractivity contribution in [1.82, 2.24) is 19.8 Å². The van der Waals surface area contributed by atoms with Gasteiger partial charge >= 0.3 is 0 Å². The molecule has 2 aliphatic heterocycles. The Morgan fingerprint density at radius 3 is 2.74 bits per heavy atom. The number of thioether (sulfide) groups is 1. The van der Waals surface area contributed by atoms with Crippen LogP contribution in [0.5, 0.6) is 5.75 Å². The summed E-state index contributed by atoms with van der Waals surface area (Å²) >= 11 is 1.87. The fraction of sp³-hybridized carbons (Fsp3) is 0.520. The minimum Gasteiger partial charge on any atom is -0.491 e. The van der Waals surface area contributed by atoms with Gasteiger partial charge in [-0.3, -0.25) is 15.1 Å². The number of hydrogen-bond acceptors (Lipinski definition) is 6. The lowest BCUT2D eigenvalue weighted by Crippen LogP contribution is -2.56. The minimum atomic E-state index is -0.615. The summed E-state index contributed by atoms with van der Waals surface area (Å²) in [6.07, 6.45) is 5.01. The van der Waals surface area contributed by atoms with Gasteiger partial charge in [0, 0.05) is 35.5 Å². The van der Waals surface area contributed by atoms with E-state index in [-0.39, 0.29) is 11.9 Å². The zero-order chi connectivity index (χ0) is 25.2. The maximum atomic E-state index is 11.8. The Labute approximate surface area is 211 Å². The number of nitrogens with zero attached hydrogens (tertiary/aromatic N) is 4. The van der Waals surface area contributed by atoms with Crippen LogP contribution in [0.2, 0.25) is 0 Å². The van der Waals surface area contributed by atoms with Crippen LogP contribution in [0.4, 0.5) is 0 Å². The molecule has 188 valence electrons. The number of hydrogen-bond donors (Lipinski definition) is 3. The van der Waals surface area contributed by atoms with Crippen molar-refractivity contribution in [2.75, 3.05) is 19.7 Å². The van der Waals surface area contributed by atoms with E-state index in [1.54, 1.807) is 0 Å². The predicted octanol–water partition coefficient (Wildman–Crippen LogP) is 3.11. The van der Waals surface area contributed by atoms with E-state index in [9.17, 15) is 4.79 Å². The molecule has 3 heterocycles. The number of amidine groups is 1. The van der Waals surface area contributed by atoms with Gasteiger partial charge in [0.25, 0.3) is 0 Å². The fourth-order valence-electron chi connectivity index (χ4n) is 4.45. The van der Waals surface area contributed by atoms with Crippen LogP contribution in [0.3, 0.4) is 0 Å². The Balaban J connectivity index is 1.54. The quantitative estimate of drug-likeness (QED) is 0.399. The molecule has 1 amide bonds. The van der Waals surface area contributed by atoms with Gasteiger partial charge in [-0.15, -0.1) is 11.8 Å². The smallest absolute Gasteiger partial charge is 0.237 e. The fourth-order valence-corrected chi connectivity index (χ4v) is 5.61. The number of fused-ring (bicyclic) bond motifs is 3. The summed E-state index contributed by atoms with van der Waals surface area (Å²) in [5.41, 5.74) is 6.67. The van der Waals surface area contributed by atoms with Gasteiger partial charge in [-0.05, 0) is 58.7 Å². The van der Waals surface area contributed by atoms with E-state index in [1.807, 2.05) is 51.7 Å². The first kappa shape index (κ1) is 25.2. The third-order valence-electron chi connectivity index (χ3n) is 6.56. The van der Waals surface area contributed by atoms with Crippen molar-refractivity contribution in [2.45, 2.75) is 68.8 Å². The number of amides is 1. The maximum Gasteiger partial charge on any atom is 0.237 e. The van der Waals surface area contributed by atoms with Gasteiger partial charge in [-0.2, -0.15) is 0 Å². The molecule has 0 radical (unpaired) electrons. The van der Waals surface area contributed by atoms with Crippen LogP contribution in [-0.4, -0.2) is 69.1 Å². The van der Waals surface area contributed by atoms with Crippen LogP contribution in [0.25, 0.3) is 11.4 Å². The number of benzene rings is 1. The molecule has 1 aromatic heterocycles. The molecule has 4 N–H and O–H groups in total. The number of piperidine rings is 1. The van der Waals surface area contributed by atoms with E-state index in [0.29, 0.717) is 29.9 Å². The lowest BCUT2D eigenvalue weighted by molar-refractivity contribution is -0.128. The molecular weight excluding hydrogens is 462 g/mol. The van der Waals surface area contributed by atoms with Crippen molar-refractivity contribution in [1.29, 1.82) is 5.41 Å². The van der Waals surface area contributed by atoms with Gasteiger partial charge < -0.3 is 20.4 Å². The average molecular weight is 498 g/mol. The number of likely N-dealkylation sites (tertiary alicyclic amines) is 1. The lowest BCUT2D eigenvalue weighted by atomic mass is 9.98. The second-order valence-corrected chi connectivity index (χ2v) is 11.2. The molecule has 0 bridgehead atoms. The number of carbonyl (C=O) groups is 1. The van der Waals surface area contributed by atoms with E-state index in [2.05, 4.69) is 31.9 Å². The predicted molar refractivity (Wildman–Crippen MR) is 140 cm³/mol. The zero-order valence-corrected chi connectivity index (χ0v) is 21.7. The van der Waals surface area contributed by atoms with Crippen molar-refractivity contribution >= 4 is 29.8 Å². The lowest BCUT2D eigenvalue weighted by Gasteiger charge is -2.40.